The van der Waals surface area contributed by atoms with E-state index in [1.54, 1.807) is 0 Å². The van der Waals surface area contributed by atoms with Crippen molar-refractivity contribution in [1.82, 2.24) is 14.9 Å². The molecule has 1 saturated carbocycles. The monoisotopic (exact) mass is 556 g/mol. The molecule has 38 heavy (non-hydrogen) atoms. The number of pyridine rings is 2. The second kappa shape index (κ2) is 9.31. The zero-order chi connectivity index (χ0) is 27.5. The van der Waals surface area contributed by atoms with Crippen molar-refractivity contribution in [2.75, 3.05) is 11.4 Å². The van der Waals surface area contributed by atoms with Crippen LogP contribution < -0.4 is 15.6 Å². The molecule has 2 amide bonds. The Morgan fingerprint density at radius 1 is 1.18 bits per heavy atom. The fourth-order valence-electron chi connectivity index (χ4n) is 4.47. The average molecular weight is 557 g/mol. The lowest BCUT2D eigenvalue weighted by molar-refractivity contribution is -0.158. The first-order valence-corrected chi connectivity index (χ1v) is 11.8. The van der Waals surface area contributed by atoms with Crippen molar-refractivity contribution in [3.8, 4) is 5.69 Å². The quantitative estimate of drug-likeness (QED) is 0.468. The van der Waals surface area contributed by atoms with Crippen molar-refractivity contribution < 1.29 is 36.6 Å². The molecule has 2 N–H and O–H groups in total. The molecule has 0 radical (unpaired) electrons. The fraction of sp³-hybridized carbons (Fsp3) is 0.333. The number of carbonyl (C=O) groups excluding carboxylic acids is 2. The van der Waals surface area contributed by atoms with Gasteiger partial charge in [0.25, 0.3) is 5.91 Å². The summed E-state index contributed by atoms with van der Waals surface area (Å²) in [4.78, 5) is 43.8. The molecule has 8 nitrogen and oxygen atoms in total. The molecule has 0 bridgehead atoms. The Labute approximate surface area is 215 Å². The maximum atomic E-state index is 15.0. The lowest BCUT2D eigenvalue weighted by Crippen LogP contribution is -2.48. The van der Waals surface area contributed by atoms with Crippen LogP contribution in [0.2, 0.25) is 5.02 Å². The fourth-order valence-corrected chi connectivity index (χ4v) is 4.75. The lowest BCUT2D eigenvalue weighted by atomic mass is 10.1. The summed E-state index contributed by atoms with van der Waals surface area (Å²) in [5.41, 5.74) is -2.59. The van der Waals surface area contributed by atoms with E-state index in [9.17, 15) is 41.4 Å². The van der Waals surface area contributed by atoms with Crippen molar-refractivity contribution in [2.45, 2.75) is 37.6 Å². The van der Waals surface area contributed by atoms with Crippen molar-refractivity contribution in [1.29, 1.82) is 0 Å². The summed E-state index contributed by atoms with van der Waals surface area (Å²) < 4.78 is 70.1. The van der Waals surface area contributed by atoms with E-state index >= 15 is 0 Å². The standard InChI is InChI=1S/C24H18ClF5N4O4/c25-15-5-11(26)6-16(27)19(15)34-9-14(23(38)32-21(10-1-2-10)24(28,29)30)20(37)13-3-4-17(31-22(13)34)33-8-12(35)7-18(33)36/h3-6,9-10,12,21,35H,1-2,7-8H2,(H,32,38)/t12-,21?/m0/s1. The van der Waals surface area contributed by atoms with Crippen LogP contribution in [0.4, 0.5) is 27.8 Å². The van der Waals surface area contributed by atoms with Gasteiger partial charge in [-0.05, 0) is 37.0 Å². The lowest BCUT2D eigenvalue weighted by Gasteiger charge is -2.22. The maximum Gasteiger partial charge on any atom is 0.408 e. The van der Waals surface area contributed by atoms with Gasteiger partial charge in [-0.25, -0.2) is 13.8 Å². The molecule has 2 atom stereocenters. The second-order valence-corrected chi connectivity index (χ2v) is 9.60. The van der Waals surface area contributed by atoms with Crippen LogP contribution in [0.1, 0.15) is 29.6 Å². The second-order valence-electron chi connectivity index (χ2n) is 9.19. The Morgan fingerprint density at radius 2 is 1.89 bits per heavy atom. The highest BCUT2D eigenvalue weighted by molar-refractivity contribution is 6.32. The molecule has 1 aliphatic carbocycles. The molecule has 2 fully saturated rings. The summed E-state index contributed by atoms with van der Waals surface area (Å²) in [6, 6.07) is 1.49. The largest absolute Gasteiger partial charge is 0.408 e. The number of benzene rings is 1. The van der Waals surface area contributed by atoms with Crippen LogP contribution in [-0.2, 0) is 4.79 Å². The number of anilines is 1. The molecule has 3 heterocycles. The minimum Gasteiger partial charge on any atom is -0.391 e. The molecule has 2 aromatic heterocycles. The number of nitrogens with zero attached hydrogens (tertiary/aromatic N) is 3. The zero-order valence-electron chi connectivity index (χ0n) is 19.2. The summed E-state index contributed by atoms with van der Waals surface area (Å²) in [7, 11) is 0. The first kappa shape index (κ1) is 26.0. The van der Waals surface area contributed by atoms with Crippen LogP contribution >= 0.6 is 11.6 Å². The predicted octanol–water partition coefficient (Wildman–Crippen LogP) is 3.49. The number of alkyl halides is 3. The number of aliphatic hydroxyl groups is 1. The molecule has 1 aliphatic heterocycles. The van der Waals surface area contributed by atoms with Crippen molar-refractivity contribution in [3.05, 3.63) is 62.9 Å². The average Bonchev–Trinajstić information content (AvgIpc) is 3.59. The smallest absolute Gasteiger partial charge is 0.391 e. The van der Waals surface area contributed by atoms with E-state index < -0.39 is 69.4 Å². The van der Waals surface area contributed by atoms with Crippen molar-refractivity contribution >= 4 is 40.3 Å². The van der Waals surface area contributed by atoms with Crippen LogP contribution in [0, 0.1) is 17.6 Å². The Morgan fingerprint density at radius 3 is 2.47 bits per heavy atom. The number of hydrogen-bond acceptors (Lipinski definition) is 5. The number of nitrogens with one attached hydrogen (secondary N) is 1. The topological polar surface area (TPSA) is 105 Å². The first-order valence-electron chi connectivity index (χ1n) is 11.4. The Balaban J connectivity index is 1.70. The van der Waals surface area contributed by atoms with Gasteiger partial charge < -0.3 is 10.4 Å². The third-order valence-corrected chi connectivity index (χ3v) is 6.71. The van der Waals surface area contributed by atoms with Gasteiger partial charge in [0.1, 0.15) is 28.9 Å². The third-order valence-electron chi connectivity index (χ3n) is 6.42. The van der Waals surface area contributed by atoms with Gasteiger partial charge in [0, 0.05) is 12.3 Å². The van der Waals surface area contributed by atoms with Crippen LogP contribution in [0.25, 0.3) is 16.7 Å². The first-order chi connectivity index (χ1) is 17.8. The van der Waals surface area contributed by atoms with E-state index in [-0.39, 0.29) is 42.7 Å². The van der Waals surface area contributed by atoms with Gasteiger partial charge in [0.15, 0.2) is 11.5 Å². The van der Waals surface area contributed by atoms with Gasteiger partial charge in [0.2, 0.25) is 11.3 Å². The van der Waals surface area contributed by atoms with Gasteiger partial charge in [-0.2, -0.15) is 13.2 Å². The highest BCUT2D eigenvalue weighted by atomic mass is 35.5. The van der Waals surface area contributed by atoms with E-state index in [0.717, 1.165) is 21.7 Å². The van der Waals surface area contributed by atoms with E-state index in [2.05, 4.69) is 4.98 Å². The Hall–Kier alpha value is -3.58. The molecule has 1 aromatic carbocycles. The van der Waals surface area contributed by atoms with Gasteiger partial charge in [0.05, 0.1) is 29.5 Å². The highest BCUT2D eigenvalue weighted by Gasteiger charge is 2.50. The predicted molar refractivity (Wildman–Crippen MR) is 125 cm³/mol. The summed E-state index contributed by atoms with van der Waals surface area (Å²) in [5, 5.41) is 10.9. The number of fused-ring (bicyclic) bond motifs is 1. The molecule has 14 heteroatoms. The number of halogens is 6. The minimum atomic E-state index is -4.76. The number of β-amino-alcohol motifs (C(OH)–C–C–N with tert-alkyl or cyclic N) is 1. The van der Waals surface area contributed by atoms with E-state index in [1.807, 2.05) is 5.32 Å². The molecule has 5 rings (SSSR count). The molecule has 1 unspecified atom stereocenters. The van der Waals surface area contributed by atoms with Gasteiger partial charge >= 0.3 is 6.18 Å². The van der Waals surface area contributed by atoms with Crippen LogP contribution in [0.5, 0.6) is 0 Å². The van der Waals surface area contributed by atoms with E-state index in [0.29, 0.717) is 6.07 Å². The van der Waals surface area contributed by atoms with Gasteiger partial charge in [-0.1, -0.05) is 11.6 Å². The molecule has 3 aromatic rings. The van der Waals surface area contributed by atoms with Crippen molar-refractivity contribution in [2.24, 2.45) is 5.92 Å². The molecule has 2 aliphatic rings. The number of aromatic nitrogens is 2. The summed E-state index contributed by atoms with van der Waals surface area (Å²) >= 11 is 6.09. The Kier molecular flexibility index (Phi) is 6.38. The van der Waals surface area contributed by atoms with Crippen LogP contribution in [0.15, 0.2) is 35.3 Å². The normalized spacial score (nSPS) is 18.8. The van der Waals surface area contributed by atoms with Gasteiger partial charge in [-0.15, -0.1) is 0 Å². The number of carbonyl (C=O) groups is 2. The SMILES string of the molecule is O=C(NC(C1CC1)C(F)(F)F)c1cn(-c2c(F)cc(F)cc2Cl)c2nc(N3C[C@@H](O)CC3=O)ccc2c1=O. The highest BCUT2D eigenvalue weighted by Crippen LogP contribution is 2.40. The zero-order valence-corrected chi connectivity index (χ0v) is 20.0. The summed E-state index contributed by atoms with van der Waals surface area (Å²) in [5.74, 6) is -4.91. The molecule has 200 valence electrons. The van der Waals surface area contributed by atoms with E-state index in [4.69, 9.17) is 11.6 Å². The number of amides is 2. The molecular formula is C24H18ClF5N4O4. The number of rotatable bonds is 5. The molecule has 1 saturated heterocycles. The summed E-state index contributed by atoms with van der Waals surface area (Å²) in [6.45, 7) is -0.103. The van der Waals surface area contributed by atoms with Crippen molar-refractivity contribution in [3.63, 3.8) is 0 Å². The summed E-state index contributed by atoms with van der Waals surface area (Å²) in [6.07, 6.45) is -4.63. The third kappa shape index (κ3) is 4.71. The van der Waals surface area contributed by atoms with E-state index in [1.165, 1.54) is 12.1 Å². The number of hydrogen-bond donors (Lipinski definition) is 2. The minimum absolute atomic E-state index is 0.0195. The molecule has 0 spiro atoms. The number of aliphatic hydroxyl groups excluding tert-OH is 1. The Bertz CT molecular complexity index is 1520. The van der Waals surface area contributed by atoms with Crippen LogP contribution in [-0.4, -0.2) is 51.3 Å². The van der Waals surface area contributed by atoms with Gasteiger partial charge in [-0.3, -0.25) is 23.9 Å². The molecular weight excluding hydrogens is 539 g/mol. The maximum absolute atomic E-state index is 15.0. The van der Waals surface area contributed by atoms with Crippen LogP contribution in [0.3, 0.4) is 0 Å².